The van der Waals surface area contributed by atoms with Crippen molar-refractivity contribution in [2.24, 2.45) is 5.92 Å². The minimum atomic E-state index is -0.0681. The Bertz CT molecular complexity index is 616. The minimum Gasteiger partial charge on any atom is -0.489 e. The van der Waals surface area contributed by atoms with Crippen LogP contribution in [0.3, 0.4) is 0 Å². The van der Waals surface area contributed by atoms with Crippen molar-refractivity contribution in [3.8, 4) is 5.75 Å². The van der Waals surface area contributed by atoms with Crippen LogP contribution in [0.25, 0.3) is 11.0 Å². The molecule has 4 heteroatoms. The minimum absolute atomic E-state index is 0.0224. The monoisotopic (exact) mass is 289 g/mol. The Balaban J connectivity index is 2.16. The quantitative estimate of drug-likeness (QED) is 0.790. The molecule has 4 nitrogen and oxygen atoms in total. The van der Waals surface area contributed by atoms with E-state index in [9.17, 15) is 4.79 Å². The van der Waals surface area contributed by atoms with E-state index < -0.39 is 0 Å². The molecule has 0 radical (unpaired) electrons. The van der Waals surface area contributed by atoms with Gasteiger partial charge in [-0.2, -0.15) is 0 Å². The molecule has 0 saturated carbocycles. The zero-order chi connectivity index (χ0) is 15.4. The number of hydrogen-bond acceptors (Lipinski definition) is 4. The van der Waals surface area contributed by atoms with Gasteiger partial charge in [0.05, 0.1) is 0 Å². The van der Waals surface area contributed by atoms with E-state index in [1.807, 2.05) is 39.0 Å². The first-order chi connectivity index (χ1) is 10.0. The summed E-state index contributed by atoms with van der Waals surface area (Å²) in [5.74, 6) is 1.12. The molecule has 0 aliphatic rings. The maximum Gasteiger partial charge on any atom is 0.200 e. The molecule has 114 valence electrons. The number of ketones is 1. The highest BCUT2D eigenvalue weighted by molar-refractivity contribution is 5.98. The van der Waals surface area contributed by atoms with Gasteiger partial charge in [0.25, 0.3) is 0 Å². The first-order valence-electron chi connectivity index (χ1n) is 7.46. The van der Waals surface area contributed by atoms with Crippen molar-refractivity contribution >= 4 is 16.8 Å². The molecule has 1 atom stereocenters. The third kappa shape index (κ3) is 3.85. The summed E-state index contributed by atoms with van der Waals surface area (Å²) in [6.45, 7) is 9.53. The average molecular weight is 289 g/mol. The number of hydrogen-bond donors (Lipinski definition) is 1. The second-order valence-corrected chi connectivity index (χ2v) is 5.57. The molecule has 2 rings (SSSR count). The third-order valence-electron chi connectivity index (χ3n) is 3.28. The number of rotatable bonds is 7. The molecule has 1 aromatic heterocycles. The van der Waals surface area contributed by atoms with Crippen molar-refractivity contribution in [2.45, 2.75) is 33.8 Å². The SMILES string of the molecule is CCNC[C@@H](C)Oc1ccc2cc(C(=O)C(C)C)oc2c1. The number of Topliss-reactive ketones (excluding diaryl/α,β-unsaturated/α-hetero) is 1. The number of carbonyl (C=O) groups excluding carboxylic acids is 1. The molecule has 1 aromatic carbocycles. The number of furan rings is 1. The first kappa shape index (κ1) is 15.6. The van der Waals surface area contributed by atoms with Gasteiger partial charge in [-0.1, -0.05) is 20.8 Å². The van der Waals surface area contributed by atoms with Gasteiger partial charge in [-0.25, -0.2) is 0 Å². The molecule has 21 heavy (non-hydrogen) atoms. The van der Waals surface area contributed by atoms with Crippen LogP contribution < -0.4 is 10.1 Å². The van der Waals surface area contributed by atoms with Crippen molar-refractivity contribution in [2.75, 3.05) is 13.1 Å². The summed E-state index contributed by atoms with van der Waals surface area (Å²) in [4.78, 5) is 12.0. The summed E-state index contributed by atoms with van der Waals surface area (Å²) in [6.07, 6.45) is 0.0779. The number of nitrogens with one attached hydrogen (secondary N) is 1. The van der Waals surface area contributed by atoms with Crippen LogP contribution in [0, 0.1) is 5.92 Å². The van der Waals surface area contributed by atoms with Crippen LogP contribution >= 0.6 is 0 Å². The fourth-order valence-electron chi connectivity index (χ4n) is 2.11. The fourth-order valence-corrected chi connectivity index (χ4v) is 2.11. The molecule has 0 bridgehead atoms. The number of ether oxygens (including phenoxy) is 1. The third-order valence-corrected chi connectivity index (χ3v) is 3.28. The normalized spacial score (nSPS) is 12.8. The van der Waals surface area contributed by atoms with Crippen LogP contribution in [0.2, 0.25) is 0 Å². The van der Waals surface area contributed by atoms with E-state index in [1.165, 1.54) is 0 Å². The van der Waals surface area contributed by atoms with Crippen molar-refractivity contribution in [1.29, 1.82) is 0 Å². The van der Waals surface area contributed by atoms with Gasteiger partial charge >= 0.3 is 0 Å². The van der Waals surface area contributed by atoms with Crippen LogP contribution in [0.5, 0.6) is 5.75 Å². The molecule has 0 saturated heterocycles. The van der Waals surface area contributed by atoms with E-state index in [1.54, 1.807) is 6.07 Å². The van der Waals surface area contributed by atoms with E-state index in [2.05, 4.69) is 12.2 Å². The predicted octanol–water partition coefficient (Wildman–Crippen LogP) is 3.65. The molecule has 1 heterocycles. The van der Waals surface area contributed by atoms with Crippen molar-refractivity contribution in [3.05, 3.63) is 30.0 Å². The predicted molar refractivity (Wildman–Crippen MR) is 84.0 cm³/mol. The molecule has 0 aliphatic heterocycles. The van der Waals surface area contributed by atoms with Crippen LogP contribution in [-0.4, -0.2) is 25.0 Å². The van der Waals surface area contributed by atoms with E-state index in [4.69, 9.17) is 9.15 Å². The van der Waals surface area contributed by atoms with Crippen molar-refractivity contribution < 1.29 is 13.9 Å². The van der Waals surface area contributed by atoms with Crippen molar-refractivity contribution in [1.82, 2.24) is 5.32 Å². The van der Waals surface area contributed by atoms with E-state index in [0.29, 0.717) is 11.3 Å². The highest BCUT2D eigenvalue weighted by Gasteiger charge is 2.16. The van der Waals surface area contributed by atoms with Gasteiger partial charge in [0.1, 0.15) is 17.4 Å². The number of likely N-dealkylation sites (N-methyl/N-ethyl adjacent to an activating group) is 1. The first-order valence-corrected chi connectivity index (χ1v) is 7.46. The Labute approximate surface area is 125 Å². The molecule has 0 spiro atoms. The zero-order valence-electron chi connectivity index (χ0n) is 13.1. The van der Waals surface area contributed by atoms with E-state index in [-0.39, 0.29) is 17.8 Å². The Hall–Kier alpha value is -1.81. The Morgan fingerprint density at radius 2 is 2.05 bits per heavy atom. The van der Waals surface area contributed by atoms with Crippen LogP contribution in [0.1, 0.15) is 38.2 Å². The van der Waals surface area contributed by atoms with E-state index >= 15 is 0 Å². The average Bonchev–Trinajstić information content (AvgIpc) is 2.87. The van der Waals surface area contributed by atoms with Gasteiger partial charge in [0, 0.05) is 23.9 Å². The molecule has 1 N–H and O–H groups in total. The summed E-state index contributed by atoms with van der Waals surface area (Å²) >= 11 is 0. The number of benzene rings is 1. The van der Waals surface area contributed by atoms with Gasteiger partial charge < -0.3 is 14.5 Å². The number of carbonyl (C=O) groups is 1. The molecule has 2 aromatic rings. The molecule has 0 amide bonds. The van der Waals surface area contributed by atoms with Gasteiger partial charge in [-0.05, 0) is 31.7 Å². The lowest BCUT2D eigenvalue weighted by Gasteiger charge is -2.14. The second kappa shape index (κ2) is 6.76. The van der Waals surface area contributed by atoms with Gasteiger partial charge in [-0.15, -0.1) is 0 Å². The van der Waals surface area contributed by atoms with Crippen LogP contribution in [-0.2, 0) is 0 Å². The van der Waals surface area contributed by atoms with Gasteiger partial charge in [0.15, 0.2) is 5.76 Å². The standard InChI is InChI=1S/C17H23NO3/c1-5-18-10-12(4)20-14-7-6-13-8-16(17(19)11(2)3)21-15(13)9-14/h6-9,11-12,18H,5,10H2,1-4H3/t12-/m1/s1. The molecule has 0 aliphatic carbocycles. The molecule has 0 fully saturated rings. The topological polar surface area (TPSA) is 51.5 Å². The zero-order valence-corrected chi connectivity index (χ0v) is 13.1. The lowest BCUT2D eigenvalue weighted by molar-refractivity contribution is 0.0913. The Morgan fingerprint density at radius 3 is 2.71 bits per heavy atom. The van der Waals surface area contributed by atoms with Crippen LogP contribution in [0.4, 0.5) is 0 Å². The Kier molecular flexibility index (Phi) is 5.02. The van der Waals surface area contributed by atoms with Gasteiger partial charge in [0.2, 0.25) is 5.78 Å². The summed E-state index contributed by atoms with van der Waals surface area (Å²) in [5, 5.41) is 4.17. The highest BCUT2D eigenvalue weighted by atomic mass is 16.5. The lowest BCUT2D eigenvalue weighted by Crippen LogP contribution is -2.28. The summed E-state index contributed by atoms with van der Waals surface area (Å²) in [6, 6.07) is 7.47. The summed E-state index contributed by atoms with van der Waals surface area (Å²) in [7, 11) is 0. The lowest BCUT2D eigenvalue weighted by atomic mass is 10.1. The van der Waals surface area contributed by atoms with Crippen molar-refractivity contribution in [3.63, 3.8) is 0 Å². The van der Waals surface area contributed by atoms with Crippen LogP contribution in [0.15, 0.2) is 28.7 Å². The second-order valence-electron chi connectivity index (χ2n) is 5.57. The molecular formula is C17H23NO3. The fraction of sp³-hybridized carbons (Fsp3) is 0.471. The molecule has 0 unspecified atom stereocenters. The number of fused-ring (bicyclic) bond motifs is 1. The Morgan fingerprint density at radius 1 is 1.29 bits per heavy atom. The van der Waals surface area contributed by atoms with E-state index in [0.717, 1.165) is 24.2 Å². The molecular weight excluding hydrogens is 266 g/mol. The highest BCUT2D eigenvalue weighted by Crippen LogP contribution is 2.26. The largest absolute Gasteiger partial charge is 0.489 e. The maximum absolute atomic E-state index is 12.0. The smallest absolute Gasteiger partial charge is 0.200 e. The summed E-state index contributed by atoms with van der Waals surface area (Å²) in [5.41, 5.74) is 0.687. The summed E-state index contributed by atoms with van der Waals surface area (Å²) < 4.78 is 11.5. The van der Waals surface area contributed by atoms with Gasteiger partial charge in [-0.3, -0.25) is 4.79 Å². The maximum atomic E-state index is 12.0.